The first-order valence-electron chi connectivity index (χ1n) is 7.14. The molecular formula is C15H15N3O4. The fourth-order valence-electron chi connectivity index (χ4n) is 2.72. The van der Waals surface area contributed by atoms with E-state index in [4.69, 9.17) is 0 Å². The van der Waals surface area contributed by atoms with Gasteiger partial charge in [-0.05, 0) is 31.4 Å². The summed E-state index contributed by atoms with van der Waals surface area (Å²) in [6.45, 7) is 0.314. The molecule has 1 fully saturated rings. The number of unbranched alkanes of at least 4 members (excludes halogenated alkanes) is 1. The Balaban J connectivity index is 1.51. The Labute approximate surface area is 126 Å². The van der Waals surface area contributed by atoms with Crippen molar-refractivity contribution in [1.29, 1.82) is 0 Å². The van der Waals surface area contributed by atoms with Crippen LogP contribution in [-0.4, -0.2) is 41.2 Å². The van der Waals surface area contributed by atoms with Crippen LogP contribution in [-0.2, 0) is 4.79 Å². The second kappa shape index (κ2) is 5.59. The van der Waals surface area contributed by atoms with Gasteiger partial charge in [-0.15, -0.1) is 0 Å². The van der Waals surface area contributed by atoms with Crippen LogP contribution in [0.25, 0.3) is 0 Å². The van der Waals surface area contributed by atoms with Crippen molar-refractivity contribution in [2.45, 2.75) is 25.3 Å². The van der Waals surface area contributed by atoms with E-state index in [1.165, 1.54) is 4.90 Å². The number of hydrogen-bond donors (Lipinski definition) is 2. The molecule has 2 aliphatic rings. The van der Waals surface area contributed by atoms with Gasteiger partial charge in [0.2, 0.25) is 0 Å². The Morgan fingerprint density at radius 3 is 2.14 bits per heavy atom. The van der Waals surface area contributed by atoms with Crippen LogP contribution >= 0.6 is 0 Å². The lowest BCUT2D eigenvalue weighted by molar-refractivity contribution is -0.120. The first-order valence-corrected chi connectivity index (χ1v) is 7.14. The maximum absolute atomic E-state index is 12.1. The van der Waals surface area contributed by atoms with E-state index in [0.29, 0.717) is 36.9 Å². The number of carbonyl (C=O) groups is 4. The van der Waals surface area contributed by atoms with E-state index in [-0.39, 0.29) is 17.7 Å². The van der Waals surface area contributed by atoms with Crippen LogP contribution in [0.15, 0.2) is 24.3 Å². The molecule has 0 radical (unpaired) electrons. The van der Waals surface area contributed by atoms with Gasteiger partial charge in [0.15, 0.2) is 0 Å². The van der Waals surface area contributed by atoms with Crippen molar-refractivity contribution in [2.75, 3.05) is 6.54 Å². The summed E-state index contributed by atoms with van der Waals surface area (Å²) in [5.74, 6) is -0.870. The topological polar surface area (TPSA) is 95.6 Å². The van der Waals surface area contributed by atoms with Crippen LogP contribution in [0.4, 0.5) is 4.79 Å². The van der Waals surface area contributed by atoms with Crippen molar-refractivity contribution in [3.63, 3.8) is 0 Å². The molecule has 0 spiro atoms. The van der Waals surface area contributed by atoms with Gasteiger partial charge in [-0.25, -0.2) is 4.79 Å². The van der Waals surface area contributed by atoms with Crippen LogP contribution in [0, 0.1) is 0 Å². The van der Waals surface area contributed by atoms with Crippen molar-refractivity contribution in [1.82, 2.24) is 15.5 Å². The number of fused-ring (bicyclic) bond motifs is 1. The molecule has 0 aromatic heterocycles. The summed E-state index contributed by atoms with van der Waals surface area (Å²) in [7, 11) is 0. The number of amides is 5. The maximum atomic E-state index is 12.1. The Kier molecular flexibility index (Phi) is 3.62. The van der Waals surface area contributed by atoms with Gasteiger partial charge in [0.1, 0.15) is 6.04 Å². The fourth-order valence-corrected chi connectivity index (χ4v) is 2.72. The lowest BCUT2D eigenvalue weighted by Gasteiger charge is -2.14. The number of benzene rings is 1. The fraction of sp³-hybridized carbons (Fsp3) is 0.333. The molecule has 0 saturated carbocycles. The standard InChI is InChI=1S/C15H15N3O4/c19-12-11(16-15(22)17-12)7-3-4-8-18-13(20)9-5-1-2-6-10(9)14(18)21/h1-2,5-6,11H,3-4,7-8H2,(H2,16,17,19,22). The first kappa shape index (κ1) is 14.2. The first-order chi connectivity index (χ1) is 10.6. The molecule has 1 saturated heterocycles. The van der Waals surface area contributed by atoms with E-state index in [2.05, 4.69) is 10.6 Å². The van der Waals surface area contributed by atoms with Gasteiger partial charge in [-0.1, -0.05) is 12.1 Å². The third kappa shape index (κ3) is 2.45. The lowest BCUT2D eigenvalue weighted by atomic mass is 10.1. The van der Waals surface area contributed by atoms with Crippen LogP contribution in [0.2, 0.25) is 0 Å². The molecule has 2 N–H and O–H groups in total. The Hall–Kier alpha value is -2.70. The summed E-state index contributed by atoms with van der Waals surface area (Å²) < 4.78 is 0. The minimum Gasteiger partial charge on any atom is -0.326 e. The molecule has 1 aromatic rings. The number of nitrogens with zero attached hydrogens (tertiary/aromatic N) is 1. The van der Waals surface area contributed by atoms with Gasteiger partial charge in [-0.2, -0.15) is 0 Å². The SMILES string of the molecule is O=C1NC(=O)C(CCCCN2C(=O)c3ccccc3C2=O)N1. The third-order valence-corrected chi connectivity index (χ3v) is 3.86. The summed E-state index contributed by atoms with van der Waals surface area (Å²) in [5, 5.41) is 4.68. The highest BCUT2D eigenvalue weighted by Gasteiger charge is 2.34. The third-order valence-electron chi connectivity index (χ3n) is 3.86. The van der Waals surface area contributed by atoms with E-state index in [0.717, 1.165) is 0 Å². The minimum absolute atomic E-state index is 0.271. The molecule has 1 aromatic carbocycles. The average Bonchev–Trinajstić information content (AvgIpc) is 2.95. The predicted molar refractivity (Wildman–Crippen MR) is 76.1 cm³/mol. The van der Waals surface area contributed by atoms with Crippen LogP contribution in [0.1, 0.15) is 40.0 Å². The smallest absolute Gasteiger partial charge is 0.322 e. The van der Waals surface area contributed by atoms with Crippen LogP contribution in [0.5, 0.6) is 0 Å². The molecule has 2 heterocycles. The second-order valence-corrected chi connectivity index (χ2v) is 5.32. The number of urea groups is 1. The van der Waals surface area contributed by atoms with Crippen molar-refractivity contribution in [3.8, 4) is 0 Å². The zero-order valence-corrected chi connectivity index (χ0v) is 11.8. The quantitative estimate of drug-likeness (QED) is 0.474. The number of rotatable bonds is 5. The summed E-state index contributed by atoms with van der Waals surface area (Å²) in [6.07, 6.45) is 1.71. The zero-order valence-electron chi connectivity index (χ0n) is 11.8. The Bertz CT molecular complexity index is 636. The molecule has 0 bridgehead atoms. The van der Waals surface area contributed by atoms with Crippen molar-refractivity contribution >= 4 is 23.8 Å². The second-order valence-electron chi connectivity index (χ2n) is 5.32. The number of hydrogen-bond acceptors (Lipinski definition) is 4. The van der Waals surface area contributed by atoms with Crippen molar-refractivity contribution < 1.29 is 19.2 Å². The van der Waals surface area contributed by atoms with Crippen molar-refractivity contribution in [3.05, 3.63) is 35.4 Å². The number of imide groups is 2. The predicted octanol–water partition coefficient (Wildman–Crippen LogP) is 0.661. The maximum Gasteiger partial charge on any atom is 0.322 e. The van der Waals surface area contributed by atoms with E-state index in [1.807, 2.05) is 0 Å². The minimum atomic E-state index is -0.519. The van der Waals surface area contributed by atoms with Gasteiger partial charge in [-0.3, -0.25) is 24.6 Å². The largest absolute Gasteiger partial charge is 0.326 e. The van der Waals surface area contributed by atoms with Gasteiger partial charge < -0.3 is 5.32 Å². The van der Waals surface area contributed by atoms with E-state index < -0.39 is 12.1 Å². The monoisotopic (exact) mass is 301 g/mol. The average molecular weight is 301 g/mol. The molecule has 22 heavy (non-hydrogen) atoms. The molecule has 3 rings (SSSR count). The highest BCUT2D eigenvalue weighted by atomic mass is 16.2. The molecule has 114 valence electrons. The molecule has 2 aliphatic heterocycles. The van der Waals surface area contributed by atoms with E-state index in [1.54, 1.807) is 24.3 Å². The lowest BCUT2D eigenvalue weighted by Crippen LogP contribution is -2.32. The summed E-state index contributed by atoms with van der Waals surface area (Å²) >= 11 is 0. The molecule has 7 heteroatoms. The highest BCUT2D eigenvalue weighted by Crippen LogP contribution is 2.22. The molecular weight excluding hydrogens is 286 g/mol. The van der Waals surface area contributed by atoms with Gasteiger partial charge in [0, 0.05) is 6.54 Å². The molecule has 1 unspecified atom stereocenters. The molecule has 0 aliphatic carbocycles. The molecule has 5 amide bonds. The molecule has 7 nitrogen and oxygen atoms in total. The molecule has 1 atom stereocenters. The summed E-state index contributed by atoms with van der Waals surface area (Å²) in [5.41, 5.74) is 0.880. The van der Waals surface area contributed by atoms with E-state index >= 15 is 0 Å². The van der Waals surface area contributed by atoms with Gasteiger partial charge >= 0.3 is 6.03 Å². The normalized spacial score (nSPS) is 20.2. The van der Waals surface area contributed by atoms with Crippen LogP contribution in [0.3, 0.4) is 0 Å². The number of carbonyl (C=O) groups excluding carboxylic acids is 4. The Morgan fingerprint density at radius 2 is 1.59 bits per heavy atom. The Morgan fingerprint density at radius 1 is 0.955 bits per heavy atom. The van der Waals surface area contributed by atoms with Crippen LogP contribution < -0.4 is 10.6 Å². The zero-order chi connectivity index (χ0) is 15.7. The van der Waals surface area contributed by atoms with Gasteiger partial charge in [0.05, 0.1) is 11.1 Å². The summed E-state index contributed by atoms with van der Waals surface area (Å²) in [6, 6.07) is 5.76. The van der Waals surface area contributed by atoms with Crippen molar-refractivity contribution in [2.24, 2.45) is 0 Å². The number of nitrogens with one attached hydrogen (secondary N) is 2. The van der Waals surface area contributed by atoms with E-state index in [9.17, 15) is 19.2 Å². The highest BCUT2D eigenvalue weighted by molar-refractivity contribution is 6.21. The van der Waals surface area contributed by atoms with Gasteiger partial charge in [0.25, 0.3) is 17.7 Å². The summed E-state index contributed by atoms with van der Waals surface area (Å²) in [4.78, 5) is 47.9.